The molecule has 0 bridgehead atoms. The highest BCUT2D eigenvalue weighted by molar-refractivity contribution is 5.71. The van der Waals surface area contributed by atoms with Crippen LogP contribution in [0.15, 0.2) is 55.0 Å². The van der Waals surface area contributed by atoms with Crippen molar-refractivity contribution < 1.29 is 9.30 Å². The van der Waals surface area contributed by atoms with Crippen LogP contribution in [0.25, 0.3) is 11.0 Å². The van der Waals surface area contributed by atoms with E-state index in [0.29, 0.717) is 0 Å². The Kier molecular flexibility index (Phi) is 4.53. The molecule has 0 spiro atoms. The molecule has 1 fully saturated rings. The van der Waals surface area contributed by atoms with Crippen molar-refractivity contribution in [2.45, 2.75) is 13.1 Å². The Hall–Kier alpha value is -2.24. The van der Waals surface area contributed by atoms with Crippen LogP contribution in [0, 0.1) is 0 Å². The second-order valence-corrected chi connectivity index (χ2v) is 6.20. The van der Waals surface area contributed by atoms with Crippen molar-refractivity contribution >= 4 is 11.0 Å². The molecule has 1 aromatic carbocycles. The second kappa shape index (κ2) is 7.11. The van der Waals surface area contributed by atoms with Crippen LogP contribution < -0.4 is 4.57 Å². The molecule has 0 saturated carbocycles. The molecule has 0 N–H and O–H groups in total. The molecular formula is C19H23N4O+. The van der Waals surface area contributed by atoms with Gasteiger partial charge in [0.05, 0.1) is 18.9 Å². The Morgan fingerprint density at radius 3 is 2.67 bits per heavy atom. The van der Waals surface area contributed by atoms with Crippen LogP contribution in [0.4, 0.5) is 0 Å². The van der Waals surface area contributed by atoms with Gasteiger partial charge < -0.3 is 4.74 Å². The standard InChI is InChI=1S/C19H23N4O/c1-2-7-19-18(6-1)22(10-9-21-11-13-24-14-12-21)16-23(19)15-17-5-3-4-8-20-17/h1-8,16H,9-15H2/q+1. The lowest BCUT2D eigenvalue weighted by atomic mass is 10.3. The van der Waals surface area contributed by atoms with Crippen molar-refractivity contribution in [3.8, 4) is 0 Å². The molecule has 0 radical (unpaired) electrons. The van der Waals surface area contributed by atoms with Crippen molar-refractivity contribution in [2.24, 2.45) is 0 Å². The van der Waals surface area contributed by atoms with Gasteiger partial charge in [-0.3, -0.25) is 9.88 Å². The summed E-state index contributed by atoms with van der Waals surface area (Å²) in [7, 11) is 0. The zero-order valence-corrected chi connectivity index (χ0v) is 13.8. The smallest absolute Gasteiger partial charge is 0.245 e. The molecule has 0 unspecified atom stereocenters. The minimum atomic E-state index is 0.798. The Labute approximate surface area is 142 Å². The minimum absolute atomic E-state index is 0.798. The van der Waals surface area contributed by atoms with Crippen molar-refractivity contribution in [3.63, 3.8) is 0 Å². The minimum Gasteiger partial charge on any atom is -0.379 e. The van der Waals surface area contributed by atoms with Gasteiger partial charge in [0.25, 0.3) is 0 Å². The zero-order chi connectivity index (χ0) is 16.2. The molecule has 1 saturated heterocycles. The first-order valence-electron chi connectivity index (χ1n) is 8.57. The van der Waals surface area contributed by atoms with Gasteiger partial charge in [0.2, 0.25) is 6.33 Å². The lowest BCUT2D eigenvalue weighted by molar-refractivity contribution is -0.663. The lowest BCUT2D eigenvalue weighted by Crippen LogP contribution is -2.38. The summed E-state index contributed by atoms with van der Waals surface area (Å²) in [5.74, 6) is 0. The van der Waals surface area contributed by atoms with Gasteiger partial charge >= 0.3 is 0 Å². The van der Waals surface area contributed by atoms with E-state index in [4.69, 9.17) is 4.74 Å². The van der Waals surface area contributed by atoms with Crippen molar-refractivity contribution in [2.75, 3.05) is 32.8 Å². The Balaban J connectivity index is 1.56. The molecule has 24 heavy (non-hydrogen) atoms. The van der Waals surface area contributed by atoms with Gasteiger partial charge in [-0.15, -0.1) is 0 Å². The van der Waals surface area contributed by atoms with E-state index in [1.165, 1.54) is 11.0 Å². The Morgan fingerprint density at radius 1 is 1.00 bits per heavy atom. The van der Waals surface area contributed by atoms with E-state index in [0.717, 1.165) is 51.6 Å². The fourth-order valence-corrected chi connectivity index (χ4v) is 3.29. The molecule has 1 aliphatic heterocycles. The summed E-state index contributed by atoms with van der Waals surface area (Å²) >= 11 is 0. The highest BCUT2D eigenvalue weighted by atomic mass is 16.5. The third-order valence-electron chi connectivity index (χ3n) is 4.60. The molecule has 0 atom stereocenters. The molecule has 3 heterocycles. The van der Waals surface area contributed by atoms with Gasteiger partial charge in [0.15, 0.2) is 11.0 Å². The number of ether oxygens (including phenoxy) is 1. The summed E-state index contributed by atoms with van der Waals surface area (Å²) in [4.78, 5) is 6.93. The molecule has 5 nitrogen and oxygen atoms in total. The first kappa shape index (κ1) is 15.3. The normalized spacial score (nSPS) is 15.8. The highest BCUT2D eigenvalue weighted by Gasteiger charge is 2.17. The van der Waals surface area contributed by atoms with Crippen LogP contribution in [-0.4, -0.2) is 47.3 Å². The average Bonchev–Trinajstić information content (AvgIpc) is 3.00. The number of hydrogen-bond donors (Lipinski definition) is 0. The van der Waals surface area contributed by atoms with Crippen molar-refractivity contribution in [1.82, 2.24) is 14.5 Å². The molecule has 1 aliphatic rings. The van der Waals surface area contributed by atoms with E-state index < -0.39 is 0 Å². The summed E-state index contributed by atoms with van der Waals surface area (Å²) < 4.78 is 10.1. The van der Waals surface area contributed by atoms with Gasteiger partial charge in [0, 0.05) is 25.8 Å². The first-order valence-corrected chi connectivity index (χ1v) is 8.57. The van der Waals surface area contributed by atoms with Crippen LogP contribution in [0.2, 0.25) is 0 Å². The van der Waals surface area contributed by atoms with Crippen LogP contribution in [-0.2, 0) is 17.8 Å². The summed E-state index contributed by atoms with van der Waals surface area (Å²) in [5.41, 5.74) is 3.62. The van der Waals surface area contributed by atoms with E-state index in [-0.39, 0.29) is 0 Å². The topological polar surface area (TPSA) is 34.2 Å². The second-order valence-electron chi connectivity index (χ2n) is 6.20. The number of benzene rings is 1. The number of nitrogens with zero attached hydrogens (tertiary/aromatic N) is 4. The quantitative estimate of drug-likeness (QED) is 0.670. The maximum Gasteiger partial charge on any atom is 0.245 e. The lowest BCUT2D eigenvalue weighted by Gasteiger charge is -2.25. The number of pyridine rings is 1. The molecule has 4 rings (SSSR count). The molecule has 5 heteroatoms. The number of hydrogen-bond acceptors (Lipinski definition) is 3. The van der Waals surface area contributed by atoms with Gasteiger partial charge in [0.1, 0.15) is 13.1 Å². The van der Waals surface area contributed by atoms with E-state index in [9.17, 15) is 0 Å². The van der Waals surface area contributed by atoms with Gasteiger partial charge in [-0.05, 0) is 24.3 Å². The van der Waals surface area contributed by atoms with E-state index in [1.807, 2.05) is 18.3 Å². The monoisotopic (exact) mass is 323 g/mol. The molecular weight excluding hydrogens is 300 g/mol. The summed E-state index contributed by atoms with van der Waals surface area (Å²) in [6, 6.07) is 14.7. The third kappa shape index (κ3) is 3.32. The molecule has 0 aliphatic carbocycles. The van der Waals surface area contributed by atoms with Crippen LogP contribution in [0.1, 0.15) is 5.69 Å². The number of imidazole rings is 1. The van der Waals surface area contributed by atoms with Crippen molar-refractivity contribution in [1.29, 1.82) is 0 Å². The maximum absolute atomic E-state index is 5.43. The summed E-state index contributed by atoms with van der Waals surface area (Å²) in [5, 5.41) is 0. The fourth-order valence-electron chi connectivity index (χ4n) is 3.29. The fraction of sp³-hybridized carbons (Fsp3) is 0.368. The predicted octanol–water partition coefficient (Wildman–Crippen LogP) is 1.70. The third-order valence-corrected chi connectivity index (χ3v) is 4.60. The molecule has 124 valence electrons. The molecule has 0 amide bonds. The number of para-hydroxylation sites is 2. The molecule has 3 aromatic rings. The van der Waals surface area contributed by atoms with E-state index >= 15 is 0 Å². The Bertz CT molecular complexity index is 793. The maximum atomic E-state index is 5.43. The largest absolute Gasteiger partial charge is 0.379 e. The van der Waals surface area contributed by atoms with E-state index in [2.05, 4.69) is 55.7 Å². The van der Waals surface area contributed by atoms with Crippen molar-refractivity contribution in [3.05, 3.63) is 60.7 Å². The summed E-state index contributed by atoms with van der Waals surface area (Å²) in [6.07, 6.45) is 4.08. The number of aromatic nitrogens is 3. The zero-order valence-electron chi connectivity index (χ0n) is 13.8. The summed E-state index contributed by atoms with van der Waals surface area (Å²) in [6.45, 7) is 6.63. The van der Waals surface area contributed by atoms with Crippen LogP contribution >= 0.6 is 0 Å². The predicted molar refractivity (Wildman–Crippen MR) is 92.7 cm³/mol. The SMILES string of the molecule is c1ccc(C[n+]2cn(CCN3CCOCC3)c3ccccc32)nc1. The van der Waals surface area contributed by atoms with Crippen LogP contribution in [0.3, 0.4) is 0 Å². The first-order chi connectivity index (χ1) is 11.9. The number of rotatable bonds is 5. The van der Waals surface area contributed by atoms with Gasteiger partial charge in [-0.2, -0.15) is 0 Å². The number of morpholine rings is 1. The Morgan fingerprint density at radius 2 is 1.83 bits per heavy atom. The van der Waals surface area contributed by atoms with Gasteiger partial charge in [-0.25, -0.2) is 9.13 Å². The number of fused-ring (bicyclic) bond motifs is 1. The highest BCUT2D eigenvalue weighted by Crippen LogP contribution is 2.12. The molecule has 2 aromatic heterocycles. The average molecular weight is 323 g/mol. The van der Waals surface area contributed by atoms with E-state index in [1.54, 1.807) is 0 Å². The van der Waals surface area contributed by atoms with Gasteiger partial charge in [-0.1, -0.05) is 18.2 Å². The van der Waals surface area contributed by atoms with Crippen LogP contribution in [0.5, 0.6) is 0 Å².